The molecule has 1 aromatic rings. The van der Waals surface area contributed by atoms with Crippen molar-refractivity contribution in [1.82, 2.24) is 4.98 Å². The third-order valence-corrected chi connectivity index (χ3v) is 4.92. The summed E-state index contributed by atoms with van der Waals surface area (Å²) in [6, 6.07) is 3.49. The molecule has 0 radical (unpaired) electrons. The van der Waals surface area contributed by atoms with Gasteiger partial charge in [-0.2, -0.15) is 0 Å². The molecule has 0 amide bonds. The third-order valence-electron chi connectivity index (χ3n) is 4.92. The highest BCUT2D eigenvalue weighted by Gasteiger charge is 2.43. The van der Waals surface area contributed by atoms with Crippen molar-refractivity contribution in [2.75, 3.05) is 25.1 Å². The number of fused-ring (bicyclic) bond motifs is 1. The van der Waals surface area contributed by atoms with E-state index in [1.54, 1.807) is 18.3 Å². The number of rotatable bonds is 2. The fourth-order valence-corrected chi connectivity index (χ4v) is 3.68. The lowest BCUT2D eigenvalue weighted by Gasteiger charge is -2.47. The molecule has 1 aliphatic carbocycles. The van der Waals surface area contributed by atoms with Gasteiger partial charge in [0, 0.05) is 25.2 Å². The third kappa shape index (κ3) is 2.62. The second-order valence-corrected chi connectivity index (χ2v) is 6.11. The molecule has 1 aromatic heterocycles. The van der Waals surface area contributed by atoms with Crippen molar-refractivity contribution in [3.8, 4) is 0 Å². The van der Waals surface area contributed by atoms with Gasteiger partial charge in [-0.1, -0.05) is 12.8 Å². The van der Waals surface area contributed by atoms with E-state index in [4.69, 9.17) is 4.74 Å². The van der Waals surface area contributed by atoms with Crippen LogP contribution in [-0.4, -0.2) is 41.9 Å². The Kier molecular flexibility index (Phi) is 3.85. The van der Waals surface area contributed by atoms with Gasteiger partial charge in [0.2, 0.25) is 0 Å². The van der Waals surface area contributed by atoms with E-state index in [-0.39, 0.29) is 11.9 Å². The molecule has 1 aliphatic heterocycles. The summed E-state index contributed by atoms with van der Waals surface area (Å²) in [6.45, 7) is 1.49. The molecule has 1 N–H and O–H groups in total. The summed E-state index contributed by atoms with van der Waals surface area (Å²) in [6.07, 6.45) is 6.68. The number of aliphatic hydroxyl groups is 1. The van der Waals surface area contributed by atoms with E-state index >= 15 is 0 Å². The second kappa shape index (κ2) is 5.64. The van der Waals surface area contributed by atoms with Crippen molar-refractivity contribution in [1.29, 1.82) is 0 Å². The fraction of sp³-hybridized carbons (Fsp3) is 0.625. The molecule has 5 heteroatoms. The van der Waals surface area contributed by atoms with Crippen LogP contribution in [0.5, 0.6) is 0 Å². The van der Waals surface area contributed by atoms with Gasteiger partial charge in [-0.3, -0.25) is 0 Å². The number of aromatic nitrogens is 1. The Hall–Kier alpha value is -1.62. The van der Waals surface area contributed by atoms with E-state index in [0.717, 1.165) is 38.8 Å². The van der Waals surface area contributed by atoms with Crippen LogP contribution in [0.25, 0.3) is 0 Å². The zero-order valence-corrected chi connectivity index (χ0v) is 12.4. The van der Waals surface area contributed by atoms with Crippen LogP contribution < -0.4 is 4.90 Å². The summed E-state index contributed by atoms with van der Waals surface area (Å²) in [5.41, 5.74) is -0.0177. The maximum atomic E-state index is 11.9. The first-order chi connectivity index (χ1) is 10.1. The highest BCUT2D eigenvalue weighted by Crippen LogP contribution is 2.40. The number of hydrogen-bond donors (Lipinski definition) is 1. The summed E-state index contributed by atoms with van der Waals surface area (Å²) in [5.74, 6) is 0.590. The predicted molar refractivity (Wildman–Crippen MR) is 79.3 cm³/mol. The van der Waals surface area contributed by atoms with Crippen LogP contribution in [0.2, 0.25) is 0 Å². The Balaban J connectivity index is 1.84. The Labute approximate surface area is 124 Å². The van der Waals surface area contributed by atoms with Crippen molar-refractivity contribution in [2.24, 2.45) is 5.92 Å². The highest BCUT2D eigenvalue weighted by atomic mass is 16.5. The Morgan fingerprint density at radius 1 is 1.48 bits per heavy atom. The molecule has 3 rings (SSSR count). The molecule has 114 valence electrons. The number of carbonyl (C=O) groups is 1. The first kappa shape index (κ1) is 14.3. The average Bonchev–Trinajstić information content (AvgIpc) is 2.53. The zero-order valence-electron chi connectivity index (χ0n) is 12.4. The van der Waals surface area contributed by atoms with Crippen molar-refractivity contribution < 1.29 is 14.6 Å². The van der Waals surface area contributed by atoms with Crippen LogP contribution in [-0.2, 0) is 4.74 Å². The minimum Gasteiger partial charge on any atom is -0.465 e. The Morgan fingerprint density at radius 2 is 2.33 bits per heavy atom. The monoisotopic (exact) mass is 290 g/mol. The molecular formula is C16H22N2O3. The van der Waals surface area contributed by atoms with Gasteiger partial charge in [0.05, 0.1) is 12.7 Å². The van der Waals surface area contributed by atoms with Gasteiger partial charge >= 0.3 is 5.97 Å². The van der Waals surface area contributed by atoms with Crippen LogP contribution in [0, 0.1) is 5.92 Å². The van der Waals surface area contributed by atoms with Gasteiger partial charge in [0.1, 0.15) is 11.4 Å². The van der Waals surface area contributed by atoms with Crippen molar-refractivity contribution in [3.63, 3.8) is 0 Å². The molecule has 0 spiro atoms. The van der Waals surface area contributed by atoms with E-state index in [1.807, 2.05) is 0 Å². The summed E-state index contributed by atoms with van der Waals surface area (Å²) in [5, 5.41) is 10.7. The lowest BCUT2D eigenvalue weighted by atomic mass is 9.71. The molecule has 2 atom stereocenters. The molecule has 2 aliphatic rings. The molecule has 2 unspecified atom stereocenters. The van der Waals surface area contributed by atoms with Gasteiger partial charge in [-0.15, -0.1) is 0 Å². The second-order valence-electron chi connectivity index (χ2n) is 6.11. The van der Waals surface area contributed by atoms with Crippen LogP contribution in [0.15, 0.2) is 18.3 Å². The highest BCUT2D eigenvalue weighted by molar-refractivity contribution is 5.94. The maximum Gasteiger partial charge on any atom is 0.341 e. The number of hydrogen-bond acceptors (Lipinski definition) is 5. The predicted octanol–water partition coefficient (Wildman–Crippen LogP) is 2.00. The van der Waals surface area contributed by atoms with Crippen molar-refractivity contribution >= 4 is 11.8 Å². The van der Waals surface area contributed by atoms with Crippen LogP contribution in [0.3, 0.4) is 0 Å². The van der Waals surface area contributed by atoms with Gasteiger partial charge in [-0.05, 0) is 31.4 Å². The molecule has 0 aromatic carbocycles. The number of nitrogens with zero attached hydrogens (tertiary/aromatic N) is 2. The van der Waals surface area contributed by atoms with Gasteiger partial charge < -0.3 is 14.7 Å². The largest absolute Gasteiger partial charge is 0.465 e. The van der Waals surface area contributed by atoms with Crippen LogP contribution >= 0.6 is 0 Å². The first-order valence-corrected chi connectivity index (χ1v) is 7.65. The lowest BCUT2D eigenvalue weighted by molar-refractivity contribution is -0.0613. The summed E-state index contributed by atoms with van der Waals surface area (Å²) >= 11 is 0. The first-order valence-electron chi connectivity index (χ1n) is 7.65. The minimum atomic E-state index is -0.519. The number of pyridine rings is 1. The number of esters is 1. The standard InChI is InChI=1S/C16H22N2O3/c1-21-15(19)13-6-4-9-17-14(13)18-10-8-16(20)7-3-2-5-12(16)11-18/h4,6,9,12,20H,2-3,5,7-8,10-11H2,1H3. The summed E-state index contributed by atoms with van der Waals surface area (Å²) in [4.78, 5) is 18.4. The molecule has 0 bridgehead atoms. The number of carbonyl (C=O) groups excluding carboxylic acids is 1. The van der Waals surface area contributed by atoms with E-state index in [2.05, 4.69) is 9.88 Å². The number of ether oxygens (including phenoxy) is 1. The van der Waals surface area contributed by atoms with Gasteiger partial charge in [0.15, 0.2) is 0 Å². The molecule has 21 heavy (non-hydrogen) atoms. The molecule has 2 heterocycles. The van der Waals surface area contributed by atoms with Crippen molar-refractivity contribution in [3.05, 3.63) is 23.9 Å². The Bertz CT molecular complexity index is 534. The number of piperidine rings is 1. The van der Waals surface area contributed by atoms with Crippen molar-refractivity contribution in [2.45, 2.75) is 37.7 Å². The van der Waals surface area contributed by atoms with E-state index in [9.17, 15) is 9.90 Å². The summed E-state index contributed by atoms with van der Waals surface area (Å²) < 4.78 is 4.84. The number of anilines is 1. The Morgan fingerprint density at radius 3 is 3.14 bits per heavy atom. The van der Waals surface area contributed by atoms with Crippen LogP contribution in [0.4, 0.5) is 5.82 Å². The van der Waals surface area contributed by atoms with Crippen LogP contribution in [0.1, 0.15) is 42.5 Å². The zero-order chi connectivity index (χ0) is 14.9. The molecular weight excluding hydrogens is 268 g/mol. The van der Waals surface area contributed by atoms with Gasteiger partial charge in [0.25, 0.3) is 0 Å². The quantitative estimate of drug-likeness (QED) is 0.844. The topological polar surface area (TPSA) is 62.7 Å². The number of methoxy groups -OCH3 is 1. The average molecular weight is 290 g/mol. The molecule has 2 fully saturated rings. The molecule has 1 saturated heterocycles. The minimum absolute atomic E-state index is 0.271. The smallest absolute Gasteiger partial charge is 0.341 e. The lowest BCUT2D eigenvalue weighted by Crippen LogP contribution is -2.53. The van der Waals surface area contributed by atoms with E-state index in [0.29, 0.717) is 11.4 Å². The normalized spacial score (nSPS) is 28.9. The van der Waals surface area contributed by atoms with E-state index < -0.39 is 5.60 Å². The van der Waals surface area contributed by atoms with Gasteiger partial charge in [-0.25, -0.2) is 9.78 Å². The maximum absolute atomic E-state index is 11.9. The van der Waals surface area contributed by atoms with E-state index in [1.165, 1.54) is 13.5 Å². The fourth-order valence-electron chi connectivity index (χ4n) is 3.68. The SMILES string of the molecule is COC(=O)c1cccnc1N1CCC2(O)CCCCC2C1. The molecule has 5 nitrogen and oxygen atoms in total. The molecule has 1 saturated carbocycles. The summed E-state index contributed by atoms with van der Waals surface area (Å²) in [7, 11) is 1.38.